The Morgan fingerprint density at radius 3 is 2.20 bits per heavy atom. The van der Waals surface area contributed by atoms with Gasteiger partial charge in [0.2, 0.25) is 5.91 Å². The molecule has 1 amide bonds. The van der Waals surface area contributed by atoms with E-state index in [2.05, 4.69) is 39.9 Å². The molecule has 0 aliphatic rings. The van der Waals surface area contributed by atoms with Crippen LogP contribution >= 0.6 is 0 Å². The van der Waals surface area contributed by atoms with Crippen molar-refractivity contribution >= 4 is 5.91 Å². The van der Waals surface area contributed by atoms with Crippen LogP contribution in [-0.4, -0.2) is 24.2 Å². The van der Waals surface area contributed by atoms with Gasteiger partial charge >= 0.3 is 0 Å². The Hall–Kier alpha value is -0.570. The number of aliphatic hydroxyl groups is 1. The molecular formula is C12H25NO2. The summed E-state index contributed by atoms with van der Waals surface area (Å²) < 4.78 is 0. The van der Waals surface area contributed by atoms with Crippen LogP contribution in [0.15, 0.2) is 0 Å². The Kier molecular flexibility index (Phi) is 5.88. The fourth-order valence-corrected chi connectivity index (χ4v) is 2.10. The highest BCUT2D eigenvalue weighted by Gasteiger charge is 2.33. The molecule has 0 bridgehead atoms. The number of carbonyl (C=O) groups excluding carboxylic acids is 1. The summed E-state index contributed by atoms with van der Waals surface area (Å²) >= 11 is 0. The van der Waals surface area contributed by atoms with Crippen molar-refractivity contribution in [2.75, 3.05) is 13.2 Å². The molecule has 0 saturated heterocycles. The minimum Gasteiger partial charge on any atom is -0.396 e. The first-order chi connectivity index (χ1) is 6.80. The molecule has 3 heteroatoms. The van der Waals surface area contributed by atoms with E-state index < -0.39 is 0 Å². The molecule has 0 saturated carbocycles. The molecule has 0 aliphatic heterocycles. The number of amides is 1. The van der Waals surface area contributed by atoms with Gasteiger partial charge in [-0.2, -0.15) is 0 Å². The van der Waals surface area contributed by atoms with E-state index in [1.807, 2.05) is 0 Å². The van der Waals surface area contributed by atoms with Crippen LogP contribution < -0.4 is 5.32 Å². The summed E-state index contributed by atoms with van der Waals surface area (Å²) in [6, 6.07) is 0. The highest BCUT2D eigenvalue weighted by Crippen LogP contribution is 2.31. The van der Waals surface area contributed by atoms with Crippen LogP contribution in [0.4, 0.5) is 0 Å². The molecule has 1 unspecified atom stereocenters. The van der Waals surface area contributed by atoms with Gasteiger partial charge in [0.05, 0.1) is 0 Å². The van der Waals surface area contributed by atoms with E-state index in [0.29, 0.717) is 18.9 Å². The second-order valence-electron chi connectivity index (χ2n) is 5.46. The third kappa shape index (κ3) is 5.17. The van der Waals surface area contributed by atoms with Crippen molar-refractivity contribution in [1.29, 1.82) is 0 Å². The molecule has 0 radical (unpaired) electrons. The van der Waals surface area contributed by atoms with Crippen LogP contribution in [0.2, 0.25) is 0 Å². The Morgan fingerprint density at radius 1 is 1.33 bits per heavy atom. The summed E-state index contributed by atoms with van der Waals surface area (Å²) in [5.74, 6) is 0.460. The molecule has 0 aromatic carbocycles. The minimum absolute atomic E-state index is 0.0164. The van der Waals surface area contributed by atoms with E-state index in [1.165, 1.54) is 0 Å². The largest absolute Gasteiger partial charge is 0.396 e. The quantitative estimate of drug-likeness (QED) is 0.687. The molecule has 90 valence electrons. The van der Waals surface area contributed by atoms with Gasteiger partial charge in [0.15, 0.2) is 0 Å². The van der Waals surface area contributed by atoms with Crippen molar-refractivity contribution in [3.8, 4) is 0 Å². The van der Waals surface area contributed by atoms with Crippen molar-refractivity contribution in [3.63, 3.8) is 0 Å². The van der Waals surface area contributed by atoms with Crippen molar-refractivity contribution in [2.24, 2.45) is 17.3 Å². The molecule has 0 rings (SSSR count). The third-order valence-electron chi connectivity index (χ3n) is 2.52. The van der Waals surface area contributed by atoms with Crippen molar-refractivity contribution in [2.45, 2.75) is 41.0 Å². The van der Waals surface area contributed by atoms with E-state index >= 15 is 0 Å². The maximum absolute atomic E-state index is 11.9. The lowest BCUT2D eigenvalue weighted by atomic mass is 9.74. The topological polar surface area (TPSA) is 49.3 Å². The zero-order valence-corrected chi connectivity index (χ0v) is 10.6. The van der Waals surface area contributed by atoms with E-state index in [9.17, 15) is 4.79 Å². The maximum Gasteiger partial charge on any atom is 0.223 e. The predicted molar refractivity (Wildman–Crippen MR) is 62.5 cm³/mol. The summed E-state index contributed by atoms with van der Waals surface area (Å²) in [6.45, 7) is 11.1. The highest BCUT2D eigenvalue weighted by molar-refractivity contribution is 5.79. The molecule has 0 spiro atoms. The van der Waals surface area contributed by atoms with E-state index in [-0.39, 0.29) is 23.8 Å². The molecule has 3 nitrogen and oxygen atoms in total. The molecular weight excluding hydrogens is 190 g/mol. The van der Waals surface area contributed by atoms with Gasteiger partial charge in [-0.1, -0.05) is 34.6 Å². The Morgan fingerprint density at radius 2 is 1.87 bits per heavy atom. The standard InChI is InChI=1S/C12H25NO2/c1-9(2)10(12(3,4)5)11(15)13-7-6-8-14/h9-10,14H,6-8H2,1-5H3,(H,13,15). The molecule has 1 atom stereocenters. The van der Waals surface area contributed by atoms with Gasteiger partial charge < -0.3 is 10.4 Å². The highest BCUT2D eigenvalue weighted by atomic mass is 16.3. The summed E-state index contributed by atoms with van der Waals surface area (Å²) in [7, 11) is 0. The number of hydrogen-bond acceptors (Lipinski definition) is 2. The van der Waals surface area contributed by atoms with Crippen LogP contribution in [0, 0.1) is 17.3 Å². The van der Waals surface area contributed by atoms with Crippen LogP contribution in [0.25, 0.3) is 0 Å². The lowest BCUT2D eigenvalue weighted by Gasteiger charge is -2.32. The molecule has 2 N–H and O–H groups in total. The van der Waals surface area contributed by atoms with Crippen molar-refractivity contribution in [1.82, 2.24) is 5.32 Å². The zero-order valence-electron chi connectivity index (χ0n) is 10.6. The van der Waals surface area contributed by atoms with Crippen LogP contribution in [-0.2, 0) is 4.79 Å². The third-order valence-corrected chi connectivity index (χ3v) is 2.52. The number of hydrogen-bond donors (Lipinski definition) is 2. The second-order valence-corrected chi connectivity index (χ2v) is 5.46. The van der Waals surface area contributed by atoms with E-state index in [0.717, 1.165) is 0 Å². The summed E-state index contributed by atoms with van der Waals surface area (Å²) in [5.41, 5.74) is -0.0164. The van der Waals surface area contributed by atoms with E-state index in [1.54, 1.807) is 0 Å². The molecule has 0 aromatic heterocycles. The molecule has 15 heavy (non-hydrogen) atoms. The first kappa shape index (κ1) is 14.4. The van der Waals surface area contributed by atoms with E-state index in [4.69, 9.17) is 5.11 Å². The number of nitrogens with one attached hydrogen (secondary N) is 1. The average Bonchev–Trinajstić information content (AvgIpc) is 2.00. The smallest absolute Gasteiger partial charge is 0.223 e. The Balaban J connectivity index is 4.32. The number of aliphatic hydroxyl groups excluding tert-OH is 1. The number of carbonyl (C=O) groups is 1. The van der Waals surface area contributed by atoms with Gasteiger partial charge in [-0.3, -0.25) is 4.79 Å². The Labute approximate surface area is 93.3 Å². The maximum atomic E-state index is 11.9. The van der Waals surface area contributed by atoms with Gasteiger partial charge in [0.1, 0.15) is 0 Å². The predicted octanol–water partition coefficient (Wildman–Crippen LogP) is 1.80. The normalized spacial score (nSPS) is 14.1. The van der Waals surface area contributed by atoms with Crippen molar-refractivity contribution < 1.29 is 9.90 Å². The first-order valence-electron chi connectivity index (χ1n) is 5.69. The second kappa shape index (κ2) is 6.11. The summed E-state index contributed by atoms with van der Waals surface area (Å²) in [5, 5.41) is 11.5. The molecule has 0 aromatic rings. The fourth-order valence-electron chi connectivity index (χ4n) is 2.10. The Bertz CT molecular complexity index is 194. The SMILES string of the molecule is CC(C)C(C(=O)NCCCO)C(C)(C)C. The van der Waals surface area contributed by atoms with Gasteiger partial charge in [0, 0.05) is 19.1 Å². The molecule has 0 fully saturated rings. The lowest BCUT2D eigenvalue weighted by molar-refractivity contribution is -0.130. The minimum atomic E-state index is -0.0164. The average molecular weight is 215 g/mol. The molecule has 0 aliphatic carbocycles. The van der Waals surface area contributed by atoms with Crippen LogP contribution in [0.5, 0.6) is 0 Å². The van der Waals surface area contributed by atoms with Crippen LogP contribution in [0.1, 0.15) is 41.0 Å². The lowest BCUT2D eigenvalue weighted by Crippen LogP contribution is -2.41. The van der Waals surface area contributed by atoms with Gasteiger partial charge in [0.25, 0.3) is 0 Å². The van der Waals surface area contributed by atoms with Gasteiger partial charge in [-0.25, -0.2) is 0 Å². The first-order valence-corrected chi connectivity index (χ1v) is 5.69. The zero-order chi connectivity index (χ0) is 12.1. The summed E-state index contributed by atoms with van der Waals surface area (Å²) in [6.07, 6.45) is 0.626. The van der Waals surface area contributed by atoms with Gasteiger partial charge in [-0.05, 0) is 17.8 Å². The van der Waals surface area contributed by atoms with Gasteiger partial charge in [-0.15, -0.1) is 0 Å². The number of rotatable bonds is 5. The van der Waals surface area contributed by atoms with Crippen molar-refractivity contribution in [3.05, 3.63) is 0 Å². The monoisotopic (exact) mass is 215 g/mol. The molecule has 0 heterocycles. The van der Waals surface area contributed by atoms with Crippen LogP contribution in [0.3, 0.4) is 0 Å². The fraction of sp³-hybridized carbons (Fsp3) is 0.917. The summed E-state index contributed by atoms with van der Waals surface area (Å²) in [4.78, 5) is 11.9.